The largest absolute Gasteiger partial charge is 0.322 e. The van der Waals surface area contributed by atoms with Gasteiger partial charge in [0.05, 0.1) is 0 Å². The van der Waals surface area contributed by atoms with Crippen LogP contribution in [0.1, 0.15) is 0 Å². The molecule has 3 heteroatoms. The second-order valence-corrected chi connectivity index (χ2v) is 6.48. The van der Waals surface area contributed by atoms with Gasteiger partial charge in [0.1, 0.15) is 0 Å². The van der Waals surface area contributed by atoms with Gasteiger partial charge in [0.2, 0.25) is 0 Å². The fourth-order valence-electron chi connectivity index (χ4n) is 1.44. The molecule has 0 aliphatic heterocycles. The van der Waals surface area contributed by atoms with Gasteiger partial charge >= 0.3 is 0 Å². The first-order valence-corrected chi connectivity index (χ1v) is 6.43. The highest BCUT2D eigenvalue weighted by atomic mass is 28.3. The number of hydrogen-bond acceptors (Lipinski definition) is 2. The molecule has 0 saturated heterocycles. The van der Waals surface area contributed by atoms with E-state index in [1.807, 2.05) is 25.9 Å². The lowest BCUT2D eigenvalue weighted by Crippen LogP contribution is -2.67. The highest BCUT2D eigenvalue weighted by molar-refractivity contribution is 6.91. The van der Waals surface area contributed by atoms with E-state index in [0.717, 1.165) is 0 Å². The van der Waals surface area contributed by atoms with Crippen LogP contribution in [0.25, 0.3) is 0 Å². The van der Waals surface area contributed by atoms with Gasteiger partial charge in [0, 0.05) is 0 Å². The van der Waals surface area contributed by atoms with Crippen molar-refractivity contribution in [2.45, 2.75) is 0 Å². The first-order valence-electron chi connectivity index (χ1n) is 4.36. The highest BCUT2D eigenvalue weighted by Crippen LogP contribution is 1.95. The topological polar surface area (TPSA) is 24.1 Å². The minimum Gasteiger partial charge on any atom is -0.322 e. The molecule has 1 rings (SSSR count). The van der Waals surface area contributed by atoms with E-state index in [2.05, 4.69) is 40.8 Å². The smallest absolute Gasteiger partial charge is 0.259 e. The molecule has 0 aliphatic rings. The zero-order chi connectivity index (χ0) is 9.73. The Labute approximate surface area is 80.8 Å². The molecule has 0 radical (unpaired) electrons. The van der Waals surface area contributed by atoms with Gasteiger partial charge in [-0.25, -0.2) is 0 Å². The van der Waals surface area contributed by atoms with Crippen molar-refractivity contribution in [3.8, 4) is 0 Å². The number of benzene rings is 1. The average molecular weight is 192 g/mol. The molecule has 70 valence electrons. The molecule has 0 amide bonds. The lowest BCUT2D eigenvalue weighted by Gasteiger charge is -2.26. The van der Waals surface area contributed by atoms with Gasteiger partial charge in [-0.2, -0.15) is 0 Å². The standard InChI is InChI=1S/C10H16N2Si/c1-4-13(11-2,12-3)10-8-6-5-7-9-10/h4-9,11-12H,1H2,2-3H3. The molecule has 13 heavy (non-hydrogen) atoms. The molecule has 0 saturated carbocycles. The molecule has 0 aliphatic carbocycles. The van der Waals surface area contributed by atoms with E-state index in [0.29, 0.717) is 0 Å². The van der Waals surface area contributed by atoms with Crippen molar-refractivity contribution in [1.29, 1.82) is 0 Å². The van der Waals surface area contributed by atoms with Crippen molar-refractivity contribution in [2.75, 3.05) is 14.1 Å². The maximum atomic E-state index is 3.89. The van der Waals surface area contributed by atoms with E-state index in [-0.39, 0.29) is 0 Å². The minimum atomic E-state index is -1.83. The summed E-state index contributed by atoms with van der Waals surface area (Å²) in [4.78, 5) is 6.68. The predicted molar refractivity (Wildman–Crippen MR) is 60.1 cm³/mol. The van der Waals surface area contributed by atoms with Crippen LogP contribution in [0, 0.1) is 0 Å². The van der Waals surface area contributed by atoms with Crippen LogP contribution >= 0.6 is 0 Å². The summed E-state index contributed by atoms with van der Waals surface area (Å²) in [6.07, 6.45) is 0. The average Bonchev–Trinajstić information content (AvgIpc) is 2.23. The Kier molecular flexibility index (Phi) is 3.42. The third-order valence-corrected chi connectivity index (χ3v) is 5.76. The molecule has 0 atom stereocenters. The molecule has 0 unspecified atom stereocenters. The van der Waals surface area contributed by atoms with E-state index in [1.165, 1.54) is 5.19 Å². The van der Waals surface area contributed by atoms with E-state index < -0.39 is 8.40 Å². The van der Waals surface area contributed by atoms with Gasteiger partial charge in [-0.05, 0) is 19.3 Å². The van der Waals surface area contributed by atoms with Crippen LogP contribution in [0.15, 0.2) is 42.6 Å². The summed E-state index contributed by atoms with van der Waals surface area (Å²) in [5.41, 5.74) is 2.00. The molecule has 1 aromatic carbocycles. The second-order valence-electron chi connectivity index (χ2n) is 2.88. The van der Waals surface area contributed by atoms with Crippen molar-refractivity contribution in [1.82, 2.24) is 9.96 Å². The Morgan fingerprint density at radius 3 is 2.08 bits per heavy atom. The van der Waals surface area contributed by atoms with Crippen molar-refractivity contribution in [3.63, 3.8) is 0 Å². The van der Waals surface area contributed by atoms with E-state index in [9.17, 15) is 0 Å². The maximum absolute atomic E-state index is 3.89. The first-order chi connectivity index (χ1) is 6.29. The Hall–Kier alpha value is -0.903. The molecule has 0 fully saturated rings. The fourth-order valence-corrected chi connectivity index (χ4v) is 3.63. The summed E-state index contributed by atoms with van der Waals surface area (Å²) >= 11 is 0. The molecule has 0 heterocycles. The zero-order valence-electron chi connectivity index (χ0n) is 8.17. The minimum absolute atomic E-state index is 1.30. The molecule has 2 N–H and O–H groups in total. The lowest BCUT2D eigenvalue weighted by atomic mass is 10.4. The monoisotopic (exact) mass is 192 g/mol. The van der Waals surface area contributed by atoms with Crippen LogP contribution in [0.3, 0.4) is 0 Å². The molecule has 0 spiro atoms. The molecule has 0 bridgehead atoms. The zero-order valence-corrected chi connectivity index (χ0v) is 9.17. The van der Waals surface area contributed by atoms with Crippen molar-refractivity contribution in [3.05, 3.63) is 42.6 Å². The SMILES string of the molecule is C=C[Si](NC)(NC)c1ccccc1. The first kappa shape index (κ1) is 10.2. The summed E-state index contributed by atoms with van der Waals surface area (Å²) in [7, 11) is 2.11. The summed E-state index contributed by atoms with van der Waals surface area (Å²) in [6, 6.07) is 10.4. The van der Waals surface area contributed by atoms with Gasteiger partial charge < -0.3 is 9.96 Å². The van der Waals surface area contributed by atoms with Crippen molar-refractivity contribution < 1.29 is 0 Å². The number of rotatable bonds is 4. The Morgan fingerprint density at radius 1 is 1.15 bits per heavy atom. The summed E-state index contributed by atoms with van der Waals surface area (Å²) in [5, 5.41) is 1.30. The summed E-state index contributed by atoms with van der Waals surface area (Å²) in [5.74, 6) is 0. The van der Waals surface area contributed by atoms with Crippen LogP contribution in [0.2, 0.25) is 0 Å². The van der Waals surface area contributed by atoms with Crippen LogP contribution in [-0.4, -0.2) is 22.5 Å². The van der Waals surface area contributed by atoms with Gasteiger partial charge in [-0.1, -0.05) is 36.0 Å². The Balaban J connectivity index is 3.08. The van der Waals surface area contributed by atoms with Gasteiger partial charge in [-0.15, -0.1) is 6.58 Å². The van der Waals surface area contributed by atoms with E-state index in [4.69, 9.17) is 0 Å². The summed E-state index contributed by atoms with van der Waals surface area (Å²) < 4.78 is 0. The molecule has 1 aromatic rings. The fraction of sp³-hybridized carbons (Fsp3) is 0.200. The number of nitrogens with one attached hydrogen (secondary N) is 2. The second kappa shape index (κ2) is 4.37. The van der Waals surface area contributed by atoms with Gasteiger partial charge in [-0.3, -0.25) is 0 Å². The molecular formula is C10H16N2Si. The van der Waals surface area contributed by atoms with Crippen LogP contribution < -0.4 is 15.2 Å². The Morgan fingerprint density at radius 2 is 1.69 bits per heavy atom. The lowest BCUT2D eigenvalue weighted by molar-refractivity contribution is 1.06. The summed E-state index contributed by atoms with van der Waals surface area (Å²) in [6.45, 7) is 3.89. The van der Waals surface area contributed by atoms with Crippen LogP contribution in [0.5, 0.6) is 0 Å². The predicted octanol–water partition coefficient (Wildman–Crippen LogP) is 0.500. The number of hydrogen-bond donors (Lipinski definition) is 2. The van der Waals surface area contributed by atoms with E-state index >= 15 is 0 Å². The van der Waals surface area contributed by atoms with Crippen molar-refractivity contribution in [2.24, 2.45) is 0 Å². The van der Waals surface area contributed by atoms with Crippen LogP contribution in [-0.2, 0) is 0 Å². The quantitative estimate of drug-likeness (QED) is 0.679. The normalized spacial score (nSPS) is 11.2. The van der Waals surface area contributed by atoms with Gasteiger partial charge in [0.25, 0.3) is 8.40 Å². The molecule has 2 nitrogen and oxygen atoms in total. The molecule has 0 aromatic heterocycles. The maximum Gasteiger partial charge on any atom is 0.259 e. The van der Waals surface area contributed by atoms with Crippen molar-refractivity contribution >= 4 is 13.6 Å². The highest BCUT2D eigenvalue weighted by Gasteiger charge is 2.28. The van der Waals surface area contributed by atoms with E-state index in [1.54, 1.807) is 0 Å². The van der Waals surface area contributed by atoms with Crippen LogP contribution in [0.4, 0.5) is 0 Å². The third-order valence-electron chi connectivity index (χ3n) is 2.32. The van der Waals surface area contributed by atoms with Gasteiger partial charge in [0.15, 0.2) is 0 Å². The Bertz CT molecular complexity index is 268. The third kappa shape index (κ3) is 1.88. The molecular weight excluding hydrogens is 176 g/mol.